The zero-order chi connectivity index (χ0) is 36.1. The first kappa shape index (κ1) is 33.0. The monoisotopic (exact) mass is 744 g/mol. The van der Waals surface area contributed by atoms with Crippen LogP contribution < -0.4 is 0 Å². The number of aromatic nitrogens is 6. The molecule has 4 aromatic rings. The summed E-state index contributed by atoms with van der Waals surface area (Å²) in [7, 11) is 4.75. The third kappa shape index (κ3) is 4.60. The van der Waals surface area contributed by atoms with E-state index in [-0.39, 0.29) is 18.1 Å². The van der Waals surface area contributed by atoms with Crippen LogP contribution in [0.2, 0.25) is 5.02 Å². The molecule has 2 spiro atoms. The summed E-state index contributed by atoms with van der Waals surface area (Å²) in [6.45, 7) is 4.52. The number of likely N-dealkylation sites (N-methyl/N-ethyl adjacent to an activating group) is 2. The van der Waals surface area contributed by atoms with Gasteiger partial charge in [-0.2, -0.15) is 0 Å². The first-order valence-corrected chi connectivity index (χ1v) is 21.4. The third-order valence-electron chi connectivity index (χ3n) is 16.1. The molecule has 4 saturated heterocycles. The van der Waals surface area contributed by atoms with E-state index in [1.807, 2.05) is 18.3 Å². The number of rotatable bonds is 3. The number of piperidine rings is 4. The molecule has 10 heterocycles. The highest BCUT2D eigenvalue weighted by atomic mass is 35.5. The molecule has 2 aliphatic carbocycles. The fraction of sp³-hybridized carbons (Fsp3) is 0.628. The molecule has 4 unspecified atom stereocenters. The number of fused-ring (bicyclic) bond motifs is 12. The SMILES string of the molecule is Cc1c(-c2cn3c(n2)[C@H]2CCC[C@@H](c4ncccc4Cl)N2C2CN(C)C4(CC4)CC23)ccnc1[C@@H]1CCC[C@@H]2c3nccn3C3CC4(CC4)N(C)CC3N21. The van der Waals surface area contributed by atoms with Gasteiger partial charge in [-0.15, -0.1) is 0 Å². The number of hydrogen-bond donors (Lipinski definition) is 0. The molecular formula is C43H53ClN10. The Bertz CT molecular complexity index is 2130. The summed E-state index contributed by atoms with van der Waals surface area (Å²) in [4.78, 5) is 32.0. The maximum absolute atomic E-state index is 6.91. The summed E-state index contributed by atoms with van der Waals surface area (Å²) in [5.74, 6) is 2.52. The van der Waals surface area contributed by atoms with Gasteiger partial charge in [0.05, 0.1) is 58.4 Å². The lowest BCUT2D eigenvalue weighted by atomic mass is 9.81. The first-order valence-electron chi connectivity index (χ1n) is 21.0. The van der Waals surface area contributed by atoms with Crippen molar-refractivity contribution in [1.82, 2.24) is 48.7 Å². The number of pyridine rings is 2. The van der Waals surface area contributed by atoms with Crippen LogP contribution in [0.15, 0.2) is 49.2 Å². The summed E-state index contributed by atoms with van der Waals surface area (Å²) in [5.41, 5.74) is 6.65. The average Bonchev–Trinajstić information content (AvgIpc) is 4.02. The summed E-state index contributed by atoms with van der Waals surface area (Å²) in [6.07, 6.45) is 25.3. The average molecular weight is 745 g/mol. The zero-order valence-electron chi connectivity index (χ0n) is 32.0. The van der Waals surface area contributed by atoms with Crippen molar-refractivity contribution in [3.8, 4) is 11.3 Å². The molecule has 0 aromatic carbocycles. The van der Waals surface area contributed by atoms with Gasteiger partial charge in [0.25, 0.3) is 0 Å². The molecule has 282 valence electrons. The summed E-state index contributed by atoms with van der Waals surface area (Å²) in [5, 5.41) is 0.790. The van der Waals surface area contributed by atoms with E-state index in [1.54, 1.807) is 0 Å². The van der Waals surface area contributed by atoms with E-state index in [2.05, 4.69) is 80.6 Å². The van der Waals surface area contributed by atoms with Gasteiger partial charge in [0.2, 0.25) is 0 Å². The number of nitrogens with zero attached hydrogens (tertiary/aromatic N) is 10. The van der Waals surface area contributed by atoms with E-state index in [9.17, 15) is 0 Å². The van der Waals surface area contributed by atoms with Crippen molar-refractivity contribution in [3.63, 3.8) is 0 Å². The lowest BCUT2D eigenvalue weighted by Gasteiger charge is -2.57. The van der Waals surface area contributed by atoms with Gasteiger partial charge in [0, 0.05) is 72.8 Å². The highest BCUT2D eigenvalue weighted by Gasteiger charge is 2.59. The highest BCUT2D eigenvalue weighted by molar-refractivity contribution is 6.31. The second-order valence-electron chi connectivity index (χ2n) is 18.5. The topological polar surface area (TPSA) is 74.4 Å². The molecule has 8 aliphatic rings. The molecule has 4 aromatic heterocycles. The number of imidazole rings is 2. The van der Waals surface area contributed by atoms with Gasteiger partial charge < -0.3 is 9.13 Å². The second-order valence-corrected chi connectivity index (χ2v) is 18.9. The van der Waals surface area contributed by atoms with Gasteiger partial charge in [-0.05, 0) is 122 Å². The molecule has 0 N–H and O–H groups in total. The predicted molar refractivity (Wildman–Crippen MR) is 208 cm³/mol. The van der Waals surface area contributed by atoms with E-state index in [0.717, 1.165) is 55.2 Å². The molecule has 54 heavy (non-hydrogen) atoms. The van der Waals surface area contributed by atoms with Crippen molar-refractivity contribution in [2.45, 2.75) is 143 Å². The Balaban J connectivity index is 0.940. The van der Waals surface area contributed by atoms with Crippen LogP contribution in [-0.2, 0) is 0 Å². The molecule has 6 fully saturated rings. The Morgan fingerprint density at radius 3 is 1.94 bits per heavy atom. The molecule has 0 radical (unpaired) electrons. The minimum atomic E-state index is 0.201. The van der Waals surface area contributed by atoms with Crippen LogP contribution in [0.1, 0.15) is 142 Å². The molecule has 8 atom stereocenters. The van der Waals surface area contributed by atoms with Crippen molar-refractivity contribution < 1.29 is 0 Å². The molecule has 11 heteroatoms. The number of likely N-dealkylation sites (tertiary alicyclic amines) is 2. The predicted octanol–water partition coefficient (Wildman–Crippen LogP) is 7.62. The number of hydrogen-bond acceptors (Lipinski definition) is 8. The number of halogens is 1. The van der Waals surface area contributed by atoms with Crippen LogP contribution in [0.5, 0.6) is 0 Å². The van der Waals surface area contributed by atoms with Gasteiger partial charge in [-0.25, -0.2) is 9.97 Å². The van der Waals surface area contributed by atoms with Gasteiger partial charge in [-0.3, -0.25) is 29.6 Å². The summed E-state index contributed by atoms with van der Waals surface area (Å²) in [6, 6.07) is 8.97. The van der Waals surface area contributed by atoms with Crippen LogP contribution in [0.3, 0.4) is 0 Å². The van der Waals surface area contributed by atoms with Crippen LogP contribution >= 0.6 is 11.6 Å². The fourth-order valence-corrected chi connectivity index (χ4v) is 13.2. The Morgan fingerprint density at radius 2 is 1.28 bits per heavy atom. The molecule has 6 aliphatic heterocycles. The lowest BCUT2D eigenvalue weighted by molar-refractivity contribution is -0.0648. The normalized spacial score (nSPS) is 35.1. The Hall–Kier alpha value is -3.15. The Kier molecular flexibility index (Phi) is 7.15. The maximum Gasteiger partial charge on any atom is 0.127 e. The quantitative estimate of drug-likeness (QED) is 0.212. The Morgan fingerprint density at radius 1 is 0.667 bits per heavy atom. The molecular weight excluding hydrogens is 692 g/mol. The molecule has 2 saturated carbocycles. The minimum absolute atomic E-state index is 0.201. The van der Waals surface area contributed by atoms with E-state index < -0.39 is 0 Å². The van der Waals surface area contributed by atoms with Gasteiger partial charge in [0.1, 0.15) is 11.6 Å². The molecule has 0 bridgehead atoms. The maximum atomic E-state index is 6.91. The smallest absolute Gasteiger partial charge is 0.127 e. The largest absolute Gasteiger partial charge is 0.329 e. The van der Waals surface area contributed by atoms with E-state index in [1.165, 1.54) is 79.8 Å². The zero-order valence-corrected chi connectivity index (χ0v) is 32.7. The molecule has 10 nitrogen and oxygen atoms in total. The Labute approximate surface area is 323 Å². The van der Waals surface area contributed by atoms with Crippen molar-refractivity contribution in [3.05, 3.63) is 82.8 Å². The van der Waals surface area contributed by atoms with Crippen molar-refractivity contribution in [1.29, 1.82) is 0 Å². The van der Waals surface area contributed by atoms with Crippen molar-refractivity contribution in [2.24, 2.45) is 0 Å². The van der Waals surface area contributed by atoms with Crippen LogP contribution in [0, 0.1) is 6.92 Å². The van der Waals surface area contributed by atoms with Crippen LogP contribution in [-0.4, -0.2) is 99.0 Å². The minimum Gasteiger partial charge on any atom is -0.329 e. The van der Waals surface area contributed by atoms with Gasteiger partial charge in [-0.1, -0.05) is 11.6 Å². The van der Waals surface area contributed by atoms with E-state index in [0.29, 0.717) is 41.3 Å². The highest BCUT2D eigenvalue weighted by Crippen LogP contribution is 2.59. The van der Waals surface area contributed by atoms with Crippen molar-refractivity contribution in [2.75, 3.05) is 27.2 Å². The standard InChI is InChI=1S/C43H53ClN10/c1-26-27(12-18-46-38(26)30-8-4-10-32-40-47-19-20-51(40)34-21-42(13-14-42)49(2)24-36(34)53(30)32)29-23-52-35-22-43(15-16-43)50(3)25-37(35)54-31(39-28(44)7-6-17-45-39)9-5-11-33(54)41(52)48-29/h6-7,12,17-20,23,30-37H,4-5,8-11,13-16,21-22,24-25H2,1-3H3/t30-,31-,32+,33+,34?,35?,36?,37?/m0/s1. The van der Waals surface area contributed by atoms with Crippen molar-refractivity contribution >= 4 is 11.6 Å². The fourth-order valence-electron chi connectivity index (χ4n) is 12.9. The first-order chi connectivity index (χ1) is 26.3. The van der Waals surface area contributed by atoms with Crippen LogP contribution in [0.25, 0.3) is 11.3 Å². The lowest BCUT2D eigenvalue weighted by Crippen LogP contribution is -2.61. The summed E-state index contributed by atoms with van der Waals surface area (Å²) < 4.78 is 5.23. The van der Waals surface area contributed by atoms with E-state index in [4.69, 9.17) is 31.5 Å². The summed E-state index contributed by atoms with van der Waals surface area (Å²) >= 11 is 6.91. The molecule has 0 amide bonds. The van der Waals surface area contributed by atoms with Gasteiger partial charge in [0.15, 0.2) is 0 Å². The molecule has 12 rings (SSSR count). The second kappa shape index (κ2) is 11.7. The van der Waals surface area contributed by atoms with E-state index >= 15 is 0 Å². The third-order valence-corrected chi connectivity index (χ3v) is 16.4. The van der Waals surface area contributed by atoms with Gasteiger partial charge >= 0.3 is 0 Å². The van der Waals surface area contributed by atoms with Crippen LogP contribution in [0.4, 0.5) is 0 Å².